The van der Waals surface area contributed by atoms with E-state index in [4.69, 9.17) is 14.2 Å². The summed E-state index contributed by atoms with van der Waals surface area (Å²) < 4.78 is 17.2. The summed E-state index contributed by atoms with van der Waals surface area (Å²) in [5.74, 6) is 1.43. The summed E-state index contributed by atoms with van der Waals surface area (Å²) in [7, 11) is 0. The molecule has 1 fully saturated rings. The van der Waals surface area contributed by atoms with Gasteiger partial charge in [-0.2, -0.15) is 0 Å². The minimum atomic E-state index is -0.816. The molecular weight excluding hydrogens is 368 g/mol. The average molecular weight is 390 g/mol. The predicted octanol–water partition coefficient (Wildman–Crippen LogP) is 4.80. The van der Waals surface area contributed by atoms with Gasteiger partial charge >= 0.3 is 5.97 Å². The fourth-order valence-corrected chi connectivity index (χ4v) is 3.41. The predicted molar refractivity (Wildman–Crippen MR) is 108 cm³/mol. The molecule has 0 aromatic heterocycles. The number of carbonyl (C=O) groups is 1. The Kier molecular flexibility index (Phi) is 5.49. The van der Waals surface area contributed by atoms with E-state index in [1.54, 1.807) is 0 Å². The maximum atomic E-state index is 11.2. The Morgan fingerprint density at radius 2 is 1.59 bits per heavy atom. The smallest absolute Gasteiger partial charge is 0.304 e. The number of carboxylic acid groups (broad SMARTS) is 1. The van der Waals surface area contributed by atoms with Gasteiger partial charge in [0.15, 0.2) is 0 Å². The molecule has 148 valence electrons. The minimum Gasteiger partial charge on any atom is -0.489 e. The lowest BCUT2D eigenvalue weighted by Crippen LogP contribution is -2.48. The fourth-order valence-electron chi connectivity index (χ4n) is 3.41. The van der Waals surface area contributed by atoms with E-state index < -0.39 is 11.4 Å². The molecule has 1 saturated heterocycles. The van der Waals surface area contributed by atoms with Gasteiger partial charge < -0.3 is 19.3 Å². The van der Waals surface area contributed by atoms with Crippen LogP contribution in [-0.2, 0) is 21.6 Å². The maximum absolute atomic E-state index is 11.2. The van der Waals surface area contributed by atoms with E-state index in [0.717, 1.165) is 22.6 Å². The SMILES string of the molecule is O=C(O)CC1(c2ccc(OCc3ccccc3Oc3ccccc3)cc2)COC1. The largest absolute Gasteiger partial charge is 0.489 e. The first-order valence-corrected chi connectivity index (χ1v) is 9.48. The first kappa shape index (κ1) is 19.0. The van der Waals surface area contributed by atoms with Crippen LogP contribution in [0.25, 0.3) is 0 Å². The van der Waals surface area contributed by atoms with Gasteiger partial charge in [-0.3, -0.25) is 4.79 Å². The molecule has 0 unspecified atom stereocenters. The Hall–Kier alpha value is -3.31. The van der Waals surface area contributed by atoms with E-state index in [2.05, 4.69) is 0 Å². The van der Waals surface area contributed by atoms with Crippen LogP contribution >= 0.6 is 0 Å². The summed E-state index contributed by atoms with van der Waals surface area (Å²) in [6.07, 6.45) is 0.0669. The number of para-hydroxylation sites is 2. The van der Waals surface area contributed by atoms with Crippen molar-refractivity contribution < 1.29 is 24.1 Å². The first-order valence-electron chi connectivity index (χ1n) is 9.48. The molecule has 4 rings (SSSR count). The third kappa shape index (κ3) is 4.41. The number of hydrogen-bond donors (Lipinski definition) is 1. The summed E-state index contributed by atoms with van der Waals surface area (Å²) in [5, 5.41) is 9.18. The van der Waals surface area contributed by atoms with Crippen molar-refractivity contribution in [3.05, 3.63) is 90.0 Å². The third-order valence-electron chi connectivity index (χ3n) is 5.05. The van der Waals surface area contributed by atoms with Crippen molar-refractivity contribution >= 4 is 5.97 Å². The van der Waals surface area contributed by atoms with Gasteiger partial charge in [0, 0.05) is 5.56 Å². The minimum absolute atomic E-state index is 0.0669. The molecule has 3 aromatic rings. The maximum Gasteiger partial charge on any atom is 0.304 e. The van der Waals surface area contributed by atoms with Crippen LogP contribution in [0.5, 0.6) is 17.2 Å². The molecule has 0 radical (unpaired) electrons. The van der Waals surface area contributed by atoms with E-state index in [1.165, 1.54) is 0 Å². The molecule has 1 aliphatic heterocycles. The van der Waals surface area contributed by atoms with Gasteiger partial charge in [0.05, 0.1) is 25.0 Å². The summed E-state index contributed by atoms with van der Waals surface area (Å²) >= 11 is 0. The monoisotopic (exact) mass is 390 g/mol. The highest BCUT2D eigenvalue weighted by molar-refractivity contribution is 5.69. The zero-order valence-electron chi connectivity index (χ0n) is 15.9. The standard InChI is InChI=1S/C24H22O5/c25-23(26)14-24(16-27-17-24)19-10-12-20(13-11-19)28-15-18-6-4-5-9-22(18)29-21-7-2-1-3-8-21/h1-13H,14-17H2,(H,25,26). The van der Waals surface area contributed by atoms with Crippen molar-refractivity contribution in [3.8, 4) is 17.2 Å². The number of aliphatic carboxylic acids is 1. The highest BCUT2D eigenvalue weighted by atomic mass is 16.5. The summed E-state index contributed by atoms with van der Waals surface area (Å²) in [4.78, 5) is 11.2. The molecule has 1 aliphatic rings. The van der Waals surface area contributed by atoms with Crippen molar-refractivity contribution in [1.82, 2.24) is 0 Å². The molecule has 0 saturated carbocycles. The second-order valence-electron chi connectivity index (χ2n) is 7.18. The van der Waals surface area contributed by atoms with Gasteiger partial charge in [-0.05, 0) is 35.9 Å². The van der Waals surface area contributed by atoms with Crippen LogP contribution in [0.1, 0.15) is 17.5 Å². The van der Waals surface area contributed by atoms with Crippen LogP contribution in [0, 0.1) is 0 Å². The van der Waals surface area contributed by atoms with E-state index in [-0.39, 0.29) is 6.42 Å². The van der Waals surface area contributed by atoms with E-state index >= 15 is 0 Å². The van der Waals surface area contributed by atoms with E-state index in [9.17, 15) is 9.90 Å². The Labute approximate surface area is 169 Å². The van der Waals surface area contributed by atoms with Gasteiger partial charge in [0.2, 0.25) is 0 Å². The Bertz CT molecular complexity index is 962. The zero-order valence-corrected chi connectivity index (χ0v) is 15.9. The molecule has 1 N–H and O–H groups in total. The van der Waals surface area contributed by atoms with Gasteiger partial charge in [-0.25, -0.2) is 0 Å². The van der Waals surface area contributed by atoms with Crippen molar-refractivity contribution in [2.75, 3.05) is 13.2 Å². The van der Waals surface area contributed by atoms with Gasteiger partial charge in [-0.1, -0.05) is 48.5 Å². The normalized spacial score (nSPS) is 14.6. The average Bonchev–Trinajstić information content (AvgIpc) is 2.71. The van der Waals surface area contributed by atoms with Gasteiger partial charge in [0.1, 0.15) is 23.9 Å². The van der Waals surface area contributed by atoms with Crippen molar-refractivity contribution in [1.29, 1.82) is 0 Å². The second-order valence-corrected chi connectivity index (χ2v) is 7.18. The summed E-state index contributed by atoms with van der Waals surface area (Å²) in [5.41, 5.74) is 1.47. The van der Waals surface area contributed by atoms with Crippen molar-refractivity contribution in [2.24, 2.45) is 0 Å². The summed E-state index contributed by atoms with van der Waals surface area (Å²) in [6, 6.07) is 25.0. The molecule has 0 aliphatic carbocycles. The molecule has 29 heavy (non-hydrogen) atoms. The van der Waals surface area contributed by atoms with Crippen LogP contribution in [0.2, 0.25) is 0 Å². The molecule has 0 atom stereocenters. The van der Waals surface area contributed by atoms with Crippen molar-refractivity contribution in [2.45, 2.75) is 18.4 Å². The highest BCUT2D eigenvalue weighted by Gasteiger charge is 2.42. The van der Waals surface area contributed by atoms with Crippen LogP contribution in [0.15, 0.2) is 78.9 Å². The Morgan fingerprint density at radius 3 is 2.24 bits per heavy atom. The lowest BCUT2D eigenvalue weighted by molar-refractivity contribution is -0.145. The molecular formula is C24H22O5. The molecule has 3 aromatic carbocycles. The van der Waals surface area contributed by atoms with Crippen LogP contribution in [-0.4, -0.2) is 24.3 Å². The topological polar surface area (TPSA) is 65.0 Å². The number of hydrogen-bond acceptors (Lipinski definition) is 4. The fraction of sp³-hybridized carbons (Fsp3) is 0.208. The molecule has 5 nitrogen and oxygen atoms in total. The number of benzene rings is 3. The Morgan fingerprint density at radius 1 is 0.897 bits per heavy atom. The van der Waals surface area contributed by atoms with E-state index in [1.807, 2.05) is 78.9 Å². The molecule has 0 bridgehead atoms. The van der Waals surface area contributed by atoms with Crippen molar-refractivity contribution in [3.63, 3.8) is 0 Å². The molecule has 0 spiro atoms. The van der Waals surface area contributed by atoms with Crippen LogP contribution in [0.4, 0.5) is 0 Å². The number of carboxylic acids is 1. The second kappa shape index (κ2) is 8.37. The van der Waals surface area contributed by atoms with Gasteiger partial charge in [0.25, 0.3) is 0 Å². The first-order chi connectivity index (χ1) is 14.1. The lowest BCUT2D eigenvalue weighted by atomic mass is 9.76. The van der Waals surface area contributed by atoms with E-state index in [0.29, 0.717) is 25.6 Å². The Balaban J connectivity index is 1.43. The lowest BCUT2D eigenvalue weighted by Gasteiger charge is -2.40. The molecule has 1 heterocycles. The molecule has 5 heteroatoms. The molecule has 0 amide bonds. The summed E-state index contributed by atoms with van der Waals surface area (Å²) in [6.45, 7) is 1.24. The number of ether oxygens (including phenoxy) is 3. The third-order valence-corrected chi connectivity index (χ3v) is 5.05. The zero-order chi connectivity index (χ0) is 20.1. The quantitative estimate of drug-likeness (QED) is 0.598. The van der Waals surface area contributed by atoms with Crippen LogP contribution in [0.3, 0.4) is 0 Å². The highest BCUT2D eigenvalue weighted by Crippen LogP contribution is 2.36. The van der Waals surface area contributed by atoms with Gasteiger partial charge in [-0.15, -0.1) is 0 Å². The number of rotatable bonds is 8. The van der Waals surface area contributed by atoms with Crippen LogP contribution < -0.4 is 9.47 Å².